The van der Waals surface area contributed by atoms with Gasteiger partial charge in [-0.2, -0.15) is 0 Å². The van der Waals surface area contributed by atoms with Gasteiger partial charge in [0.25, 0.3) is 5.69 Å². The van der Waals surface area contributed by atoms with Crippen molar-refractivity contribution in [2.24, 2.45) is 0 Å². The average molecular weight is 349 g/mol. The molecule has 0 bridgehead atoms. The Morgan fingerprint density at radius 1 is 1.17 bits per heavy atom. The molecule has 1 aliphatic heterocycles. The Bertz CT molecular complexity index is 681. The van der Waals surface area contributed by atoms with E-state index in [9.17, 15) is 10.1 Å². The fourth-order valence-corrected chi connectivity index (χ4v) is 3.10. The van der Waals surface area contributed by atoms with Crippen molar-refractivity contribution in [3.63, 3.8) is 0 Å². The van der Waals surface area contributed by atoms with Crippen LogP contribution >= 0.6 is 12.4 Å². The Morgan fingerprint density at radius 2 is 1.92 bits per heavy atom. The Morgan fingerprint density at radius 3 is 2.62 bits per heavy atom. The van der Waals surface area contributed by atoms with Crippen LogP contribution < -0.4 is 4.74 Å². The van der Waals surface area contributed by atoms with Crippen LogP contribution in [0.1, 0.15) is 17.9 Å². The molecule has 2 atom stereocenters. The number of benzene rings is 2. The Kier molecular flexibility index (Phi) is 6.17. The Balaban J connectivity index is 0.00000208. The number of piperidine rings is 1. The maximum atomic E-state index is 10.9. The third-order valence-electron chi connectivity index (χ3n) is 4.30. The van der Waals surface area contributed by atoms with E-state index in [0.29, 0.717) is 5.75 Å². The highest BCUT2D eigenvalue weighted by molar-refractivity contribution is 5.85. The number of ether oxygens (including phenoxy) is 1. The van der Waals surface area contributed by atoms with Crippen LogP contribution in [0, 0.1) is 10.1 Å². The Labute approximate surface area is 147 Å². The standard InChI is InChI=1S/C18H20N2O3.ClH/c1-19-11-10-18(17(13-19)14-6-3-2-4-7-14)23-16-9-5-8-15(12-16)20(21)22;/h2-9,12,17-18H,10-11,13H2,1H3;1H. The van der Waals surface area contributed by atoms with Crippen LogP contribution in [0.4, 0.5) is 5.69 Å². The summed E-state index contributed by atoms with van der Waals surface area (Å²) in [6.07, 6.45) is 0.925. The minimum atomic E-state index is -0.393. The van der Waals surface area contributed by atoms with E-state index in [4.69, 9.17) is 4.74 Å². The molecule has 1 aliphatic rings. The highest BCUT2D eigenvalue weighted by Crippen LogP contribution is 2.31. The maximum Gasteiger partial charge on any atom is 0.273 e. The first-order valence-corrected chi connectivity index (χ1v) is 7.78. The highest BCUT2D eigenvalue weighted by atomic mass is 35.5. The van der Waals surface area contributed by atoms with E-state index >= 15 is 0 Å². The van der Waals surface area contributed by atoms with Gasteiger partial charge in [0.15, 0.2) is 0 Å². The largest absolute Gasteiger partial charge is 0.489 e. The fraction of sp³-hybridized carbons (Fsp3) is 0.333. The fourth-order valence-electron chi connectivity index (χ4n) is 3.10. The van der Waals surface area contributed by atoms with E-state index in [1.807, 2.05) is 18.2 Å². The maximum absolute atomic E-state index is 10.9. The quantitative estimate of drug-likeness (QED) is 0.621. The molecule has 0 aliphatic carbocycles. The predicted molar refractivity (Wildman–Crippen MR) is 96.1 cm³/mol. The average Bonchev–Trinajstić information content (AvgIpc) is 2.57. The summed E-state index contributed by atoms with van der Waals surface area (Å²) in [6.45, 7) is 1.88. The van der Waals surface area contributed by atoms with Crippen molar-refractivity contribution in [1.29, 1.82) is 0 Å². The smallest absolute Gasteiger partial charge is 0.273 e. The van der Waals surface area contributed by atoms with Crippen LogP contribution in [0.2, 0.25) is 0 Å². The molecule has 128 valence electrons. The third-order valence-corrected chi connectivity index (χ3v) is 4.30. The van der Waals surface area contributed by atoms with Crippen molar-refractivity contribution in [1.82, 2.24) is 4.90 Å². The first-order chi connectivity index (χ1) is 11.1. The second-order valence-electron chi connectivity index (χ2n) is 5.98. The zero-order chi connectivity index (χ0) is 16.2. The van der Waals surface area contributed by atoms with Crippen molar-refractivity contribution in [3.05, 3.63) is 70.3 Å². The predicted octanol–water partition coefficient (Wildman–Crippen LogP) is 3.88. The van der Waals surface area contributed by atoms with Crippen molar-refractivity contribution >= 4 is 18.1 Å². The zero-order valence-electron chi connectivity index (χ0n) is 13.5. The van der Waals surface area contributed by atoms with Gasteiger partial charge in [-0.25, -0.2) is 0 Å². The number of nitro groups is 1. The van der Waals surface area contributed by atoms with Crippen LogP contribution in [0.25, 0.3) is 0 Å². The molecule has 0 saturated carbocycles. The molecular weight excluding hydrogens is 328 g/mol. The van der Waals surface area contributed by atoms with Gasteiger partial charge >= 0.3 is 0 Å². The number of rotatable bonds is 4. The lowest BCUT2D eigenvalue weighted by Crippen LogP contribution is -2.42. The molecule has 0 aromatic heterocycles. The number of hydrogen-bond acceptors (Lipinski definition) is 4. The topological polar surface area (TPSA) is 55.6 Å². The summed E-state index contributed by atoms with van der Waals surface area (Å²) in [5.41, 5.74) is 1.31. The number of nitro benzene ring substituents is 1. The molecule has 0 N–H and O–H groups in total. The van der Waals surface area contributed by atoms with Gasteiger partial charge in [0.05, 0.1) is 11.0 Å². The first kappa shape index (κ1) is 18.2. The van der Waals surface area contributed by atoms with Crippen LogP contribution in [-0.4, -0.2) is 36.1 Å². The van der Waals surface area contributed by atoms with Crippen LogP contribution in [0.5, 0.6) is 5.75 Å². The highest BCUT2D eigenvalue weighted by Gasteiger charge is 2.30. The lowest BCUT2D eigenvalue weighted by Gasteiger charge is -2.37. The summed E-state index contributed by atoms with van der Waals surface area (Å²) in [7, 11) is 2.11. The molecule has 0 spiro atoms. The summed E-state index contributed by atoms with van der Waals surface area (Å²) in [5.74, 6) is 0.823. The second kappa shape index (κ2) is 8.13. The van der Waals surface area contributed by atoms with E-state index < -0.39 is 4.92 Å². The molecule has 1 heterocycles. The van der Waals surface area contributed by atoms with Gasteiger partial charge in [0.2, 0.25) is 0 Å². The summed E-state index contributed by atoms with van der Waals surface area (Å²) in [6, 6.07) is 16.8. The SMILES string of the molecule is CN1CCC(Oc2cccc([N+](=O)[O-])c2)C(c2ccccc2)C1.Cl. The Hall–Kier alpha value is -2.11. The van der Waals surface area contributed by atoms with E-state index in [0.717, 1.165) is 19.5 Å². The number of likely N-dealkylation sites (N-methyl/N-ethyl adjacent to an activating group) is 1. The number of non-ortho nitro benzene ring substituents is 1. The molecule has 2 aromatic carbocycles. The van der Waals surface area contributed by atoms with Crippen molar-refractivity contribution in [3.8, 4) is 5.75 Å². The molecular formula is C18H21ClN2O3. The molecule has 5 nitrogen and oxygen atoms in total. The van der Waals surface area contributed by atoms with E-state index in [-0.39, 0.29) is 30.1 Å². The number of halogens is 1. The summed E-state index contributed by atoms with van der Waals surface area (Å²) in [4.78, 5) is 12.8. The zero-order valence-corrected chi connectivity index (χ0v) is 14.3. The van der Waals surface area contributed by atoms with Gasteiger partial charge in [0, 0.05) is 25.1 Å². The van der Waals surface area contributed by atoms with Gasteiger partial charge in [-0.05, 0) is 25.1 Å². The minimum Gasteiger partial charge on any atom is -0.489 e. The van der Waals surface area contributed by atoms with Crippen molar-refractivity contribution < 1.29 is 9.66 Å². The van der Waals surface area contributed by atoms with Crippen LogP contribution in [-0.2, 0) is 0 Å². The molecule has 6 heteroatoms. The van der Waals surface area contributed by atoms with Gasteiger partial charge in [-0.3, -0.25) is 10.1 Å². The molecule has 0 radical (unpaired) electrons. The summed E-state index contributed by atoms with van der Waals surface area (Å²) in [5, 5.41) is 10.9. The summed E-state index contributed by atoms with van der Waals surface area (Å²) < 4.78 is 6.13. The van der Waals surface area contributed by atoms with E-state index in [2.05, 4.69) is 24.1 Å². The number of nitrogens with zero attached hydrogens (tertiary/aromatic N) is 2. The van der Waals surface area contributed by atoms with Gasteiger partial charge in [0.1, 0.15) is 11.9 Å². The molecule has 2 aromatic rings. The molecule has 24 heavy (non-hydrogen) atoms. The molecule has 3 rings (SSSR count). The monoisotopic (exact) mass is 348 g/mol. The van der Waals surface area contributed by atoms with Crippen molar-refractivity contribution in [2.75, 3.05) is 20.1 Å². The number of hydrogen-bond donors (Lipinski definition) is 0. The van der Waals surface area contributed by atoms with Crippen LogP contribution in [0.15, 0.2) is 54.6 Å². The number of likely N-dealkylation sites (tertiary alicyclic amines) is 1. The lowest BCUT2D eigenvalue weighted by molar-refractivity contribution is -0.385. The third kappa shape index (κ3) is 4.24. The minimum absolute atomic E-state index is 0. The molecule has 0 amide bonds. The van der Waals surface area contributed by atoms with E-state index in [1.165, 1.54) is 17.7 Å². The lowest BCUT2D eigenvalue weighted by atomic mass is 9.88. The molecule has 2 unspecified atom stereocenters. The molecule has 1 saturated heterocycles. The summed E-state index contributed by atoms with van der Waals surface area (Å²) >= 11 is 0. The first-order valence-electron chi connectivity index (χ1n) is 7.78. The normalized spacial score (nSPS) is 20.9. The molecule has 1 fully saturated rings. The second-order valence-corrected chi connectivity index (χ2v) is 5.98. The van der Waals surface area contributed by atoms with E-state index in [1.54, 1.807) is 12.1 Å². The van der Waals surface area contributed by atoms with Crippen LogP contribution in [0.3, 0.4) is 0 Å². The van der Waals surface area contributed by atoms with Gasteiger partial charge in [-0.15, -0.1) is 12.4 Å². The van der Waals surface area contributed by atoms with Crippen molar-refractivity contribution in [2.45, 2.75) is 18.4 Å². The van der Waals surface area contributed by atoms with Gasteiger partial charge in [-0.1, -0.05) is 36.4 Å². The van der Waals surface area contributed by atoms with Gasteiger partial charge < -0.3 is 9.64 Å².